The highest BCUT2D eigenvalue weighted by Crippen LogP contribution is 2.31. The predicted molar refractivity (Wildman–Crippen MR) is 108 cm³/mol. The molecule has 28 heavy (non-hydrogen) atoms. The Morgan fingerprint density at radius 1 is 1.25 bits per heavy atom. The summed E-state index contributed by atoms with van der Waals surface area (Å²) >= 11 is 0. The van der Waals surface area contributed by atoms with Gasteiger partial charge in [0.25, 0.3) is 0 Å². The van der Waals surface area contributed by atoms with E-state index in [2.05, 4.69) is 20.9 Å². The molecule has 0 radical (unpaired) electrons. The third-order valence-electron chi connectivity index (χ3n) is 4.55. The third-order valence-corrected chi connectivity index (χ3v) is 4.55. The van der Waals surface area contributed by atoms with Crippen LogP contribution in [0.1, 0.15) is 24.8 Å². The molecule has 0 bridgehead atoms. The molecule has 3 N–H and O–H groups in total. The maximum absolute atomic E-state index is 13.0. The second-order valence-corrected chi connectivity index (χ2v) is 6.75. The monoisotopic (exact) mass is 384 g/mol. The summed E-state index contributed by atoms with van der Waals surface area (Å²) in [5.41, 5.74) is 1.99. The van der Waals surface area contributed by atoms with Gasteiger partial charge in [0.15, 0.2) is 5.96 Å². The minimum Gasteiger partial charge on any atom is -0.489 e. The second kappa shape index (κ2) is 9.21. The molecule has 0 fully saturated rings. The molecular formula is C21H25FN4O2. The zero-order chi connectivity index (χ0) is 19.9. The third kappa shape index (κ3) is 5.22. The van der Waals surface area contributed by atoms with Crippen molar-refractivity contribution in [3.63, 3.8) is 0 Å². The summed E-state index contributed by atoms with van der Waals surface area (Å²) in [5, 5.41) is 9.40. The fourth-order valence-corrected chi connectivity index (χ4v) is 3.15. The number of carbonyl (C=O) groups is 1. The summed E-state index contributed by atoms with van der Waals surface area (Å²) in [6, 6.07) is 13.8. The molecule has 2 aromatic carbocycles. The molecule has 3 rings (SSSR count). The maximum Gasteiger partial charge on any atom is 0.225 e. The highest BCUT2D eigenvalue weighted by molar-refractivity contribution is 5.94. The van der Waals surface area contributed by atoms with Crippen molar-refractivity contribution in [3.05, 3.63) is 59.9 Å². The van der Waals surface area contributed by atoms with Crippen LogP contribution in [0.3, 0.4) is 0 Å². The summed E-state index contributed by atoms with van der Waals surface area (Å²) in [4.78, 5) is 16.2. The quantitative estimate of drug-likeness (QED) is 0.529. The Balaban J connectivity index is 1.50. The summed E-state index contributed by atoms with van der Waals surface area (Å²) in [7, 11) is 1.70. The number of guanidine groups is 1. The standard InChI is InChI=1S/C21H25FN4O2/c1-14(28-17-9-7-16(22)8-10-17)12-24-21(23-2)25-13-15-11-20(27)26-19-6-4-3-5-18(15)19/h3-10,14-15H,11-13H2,1-2H3,(H,26,27)(H2,23,24,25). The molecule has 0 saturated heterocycles. The molecule has 148 valence electrons. The van der Waals surface area contributed by atoms with E-state index in [9.17, 15) is 9.18 Å². The molecule has 0 aliphatic carbocycles. The van der Waals surface area contributed by atoms with Gasteiger partial charge >= 0.3 is 0 Å². The Bertz CT molecular complexity index is 839. The number of benzene rings is 2. The smallest absolute Gasteiger partial charge is 0.225 e. The van der Waals surface area contributed by atoms with Gasteiger partial charge in [0.05, 0.1) is 6.54 Å². The van der Waals surface area contributed by atoms with E-state index in [-0.39, 0.29) is 23.7 Å². The molecule has 0 spiro atoms. The van der Waals surface area contributed by atoms with Gasteiger partial charge in [-0.25, -0.2) is 4.39 Å². The van der Waals surface area contributed by atoms with Gasteiger partial charge < -0.3 is 20.7 Å². The molecule has 0 saturated carbocycles. The molecule has 1 amide bonds. The van der Waals surface area contributed by atoms with Crippen molar-refractivity contribution in [3.8, 4) is 5.75 Å². The molecule has 1 heterocycles. The minimum atomic E-state index is -0.291. The van der Waals surface area contributed by atoms with Crippen molar-refractivity contribution in [2.45, 2.75) is 25.4 Å². The number of anilines is 1. The number of hydrogen-bond acceptors (Lipinski definition) is 3. The molecule has 0 aromatic heterocycles. The van der Waals surface area contributed by atoms with Gasteiger partial charge in [-0.3, -0.25) is 9.79 Å². The van der Waals surface area contributed by atoms with Crippen molar-refractivity contribution in [2.75, 3.05) is 25.5 Å². The number of para-hydroxylation sites is 1. The first kappa shape index (κ1) is 19.7. The number of aliphatic imine (C=N–C) groups is 1. The van der Waals surface area contributed by atoms with Crippen LogP contribution in [0.2, 0.25) is 0 Å². The molecular weight excluding hydrogens is 359 g/mol. The molecule has 7 heteroatoms. The SMILES string of the molecule is CN=C(NCC(C)Oc1ccc(F)cc1)NCC1CC(=O)Nc2ccccc21. The summed E-state index contributed by atoms with van der Waals surface area (Å²) in [5.74, 6) is 1.06. The Morgan fingerprint density at radius 3 is 2.75 bits per heavy atom. The highest BCUT2D eigenvalue weighted by atomic mass is 19.1. The number of carbonyl (C=O) groups excluding carboxylic acids is 1. The van der Waals surface area contributed by atoms with Crippen LogP contribution in [0.5, 0.6) is 5.75 Å². The lowest BCUT2D eigenvalue weighted by molar-refractivity contribution is -0.116. The Hall–Kier alpha value is -3.09. The lowest BCUT2D eigenvalue weighted by Crippen LogP contribution is -2.43. The van der Waals surface area contributed by atoms with Crippen LogP contribution < -0.4 is 20.7 Å². The van der Waals surface area contributed by atoms with E-state index in [1.165, 1.54) is 12.1 Å². The molecule has 1 aliphatic rings. The van der Waals surface area contributed by atoms with Gasteiger partial charge in [-0.1, -0.05) is 18.2 Å². The van der Waals surface area contributed by atoms with Gasteiger partial charge in [0.2, 0.25) is 5.91 Å². The van der Waals surface area contributed by atoms with E-state index in [1.54, 1.807) is 19.2 Å². The van der Waals surface area contributed by atoms with Gasteiger partial charge in [-0.2, -0.15) is 0 Å². The largest absolute Gasteiger partial charge is 0.489 e. The first-order chi connectivity index (χ1) is 13.5. The first-order valence-electron chi connectivity index (χ1n) is 9.30. The number of halogens is 1. The summed E-state index contributed by atoms with van der Waals surface area (Å²) < 4.78 is 18.7. The van der Waals surface area contributed by atoms with Crippen molar-refractivity contribution in [2.24, 2.45) is 4.99 Å². The van der Waals surface area contributed by atoms with Crippen LogP contribution in [-0.2, 0) is 4.79 Å². The Morgan fingerprint density at radius 2 is 2.00 bits per heavy atom. The molecule has 1 aliphatic heterocycles. The van der Waals surface area contributed by atoms with Gasteiger partial charge in [-0.15, -0.1) is 0 Å². The average Bonchev–Trinajstić information content (AvgIpc) is 2.69. The van der Waals surface area contributed by atoms with Gasteiger partial charge in [0.1, 0.15) is 17.7 Å². The number of hydrogen-bond donors (Lipinski definition) is 3. The fraction of sp³-hybridized carbons (Fsp3) is 0.333. The average molecular weight is 384 g/mol. The Kier molecular flexibility index (Phi) is 6.47. The predicted octanol–water partition coefficient (Wildman–Crippen LogP) is 2.88. The van der Waals surface area contributed by atoms with Gasteiger partial charge in [-0.05, 0) is 42.8 Å². The topological polar surface area (TPSA) is 74.8 Å². The number of nitrogens with zero attached hydrogens (tertiary/aromatic N) is 1. The van der Waals surface area contributed by atoms with Crippen LogP contribution in [0.15, 0.2) is 53.5 Å². The zero-order valence-electron chi connectivity index (χ0n) is 16.0. The van der Waals surface area contributed by atoms with Crippen LogP contribution in [0, 0.1) is 5.82 Å². The van der Waals surface area contributed by atoms with Crippen LogP contribution in [-0.4, -0.2) is 38.1 Å². The van der Waals surface area contributed by atoms with Crippen molar-refractivity contribution in [1.29, 1.82) is 0 Å². The zero-order valence-corrected chi connectivity index (χ0v) is 16.0. The van der Waals surface area contributed by atoms with E-state index in [0.717, 1.165) is 11.3 Å². The van der Waals surface area contributed by atoms with E-state index >= 15 is 0 Å². The highest BCUT2D eigenvalue weighted by Gasteiger charge is 2.24. The van der Waals surface area contributed by atoms with Crippen molar-refractivity contribution >= 4 is 17.6 Å². The van der Waals surface area contributed by atoms with E-state index in [0.29, 0.717) is 31.2 Å². The van der Waals surface area contributed by atoms with Gasteiger partial charge in [0, 0.05) is 31.6 Å². The van der Waals surface area contributed by atoms with E-state index in [1.807, 2.05) is 31.2 Å². The van der Waals surface area contributed by atoms with E-state index in [4.69, 9.17) is 4.74 Å². The number of nitrogens with one attached hydrogen (secondary N) is 3. The Labute approximate surface area is 164 Å². The summed E-state index contributed by atoms with van der Waals surface area (Å²) in [6.07, 6.45) is 0.302. The maximum atomic E-state index is 13.0. The van der Waals surface area contributed by atoms with Crippen molar-refractivity contribution in [1.82, 2.24) is 10.6 Å². The number of ether oxygens (including phenoxy) is 1. The lowest BCUT2D eigenvalue weighted by atomic mass is 9.90. The second-order valence-electron chi connectivity index (χ2n) is 6.75. The van der Waals surface area contributed by atoms with Crippen LogP contribution >= 0.6 is 0 Å². The number of amides is 1. The van der Waals surface area contributed by atoms with Crippen molar-refractivity contribution < 1.29 is 13.9 Å². The molecule has 6 nitrogen and oxygen atoms in total. The first-order valence-corrected chi connectivity index (χ1v) is 9.30. The summed E-state index contributed by atoms with van der Waals surface area (Å²) in [6.45, 7) is 3.04. The fourth-order valence-electron chi connectivity index (χ4n) is 3.15. The molecule has 2 atom stereocenters. The number of rotatable bonds is 6. The minimum absolute atomic E-state index is 0.0229. The number of fused-ring (bicyclic) bond motifs is 1. The molecule has 2 unspecified atom stereocenters. The normalized spacial score (nSPS) is 17.3. The molecule has 2 aromatic rings. The lowest BCUT2D eigenvalue weighted by Gasteiger charge is -2.26. The van der Waals surface area contributed by atoms with Crippen LogP contribution in [0.25, 0.3) is 0 Å². The van der Waals surface area contributed by atoms with E-state index < -0.39 is 0 Å². The van der Waals surface area contributed by atoms with Crippen LogP contribution in [0.4, 0.5) is 10.1 Å².